The maximum Gasteiger partial charge on any atom is 0.138 e. The van der Waals surface area contributed by atoms with Crippen molar-refractivity contribution in [3.63, 3.8) is 0 Å². The first-order valence-corrected chi connectivity index (χ1v) is 12.7. The highest BCUT2D eigenvalue weighted by atomic mass is 16.3. The number of hydrogen-bond donors (Lipinski definition) is 1. The fourth-order valence-corrected chi connectivity index (χ4v) is 4.42. The second-order valence-electron chi connectivity index (χ2n) is 9.32. The third kappa shape index (κ3) is 8.06. The van der Waals surface area contributed by atoms with Gasteiger partial charge in [-0.2, -0.15) is 0 Å². The molecule has 1 heterocycles. The number of aliphatic hydroxyl groups is 1. The number of unbranched alkanes of at least 4 members (excludes halogenated alkanes) is 13. The summed E-state index contributed by atoms with van der Waals surface area (Å²) in [5.74, 6) is 0.810. The minimum absolute atomic E-state index is 0.523. The lowest BCUT2D eigenvalue weighted by Crippen LogP contribution is -2.07. The predicted molar refractivity (Wildman–Crippen MR) is 130 cm³/mol. The molecular weight excluding hydrogens is 368 g/mol. The van der Waals surface area contributed by atoms with Gasteiger partial charge in [-0.25, -0.2) is 4.98 Å². The van der Waals surface area contributed by atoms with Crippen molar-refractivity contribution in [3.8, 4) is 0 Å². The number of aliphatic hydroxyl groups excluding tert-OH is 1. The van der Waals surface area contributed by atoms with Gasteiger partial charge in [0.25, 0.3) is 0 Å². The normalized spacial score (nSPS) is 12.7. The van der Waals surface area contributed by atoms with Crippen LogP contribution in [0, 0.1) is 13.8 Å². The molecule has 0 radical (unpaired) electrons. The lowest BCUT2D eigenvalue weighted by molar-refractivity contribution is 0.184. The number of fused-ring (bicyclic) bond motifs is 1. The van der Waals surface area contributed by atoms with Crippen molar-refractivity contribution in [1.29, 1.82) is 0 Å². The Kier molecular flexibility index (Phi) is 11.5. The molecule has 0 aliphatic rings. The first-order valence-electron chi connectivity index (χ1n) is 12.7. The Hall–Kier alpha value is -1.35. The number of aryl methyl sites for hydroxylation is 3. The molecule has 1 aromatic heterocycles. The van der Waals surface area contributed by atoms with Gasteiger partial charge in [0.15, 0.2) is 0 Å². The number of nitrogens with zero attached hydrogens (tertiary/aromatic N) is 2. The summed E-state index contributed by atoms with van der Waals surface area (Å²) in [6.45, 7) is 9.35. The molecule has 30 heavy (non-hydrogen) atoms. The molecule has 3 nitrogen and oxygen atoms in total. The highest BCUT2D eigenvalue weighted by Gasteiger charge is 2.15. The van der Waals surface area contributed by atoms with Crippen LogP contribution < -0.4 is 0 Å². The van der Waals surface area contributed by atoms with Crippen LogP contribution >= 0.6 is 0 Å². The van der Waals surface area contributed by atoms with E-state index < -0.39 is 6.10 Å². The average Bonchev–Trinajstić information content (AvgIpc) is 3.06. The van der Waals surface area contributed by atoms with Gasteiger partial charge in [-0.05, 0) is 50.5 Å². The average molecular weight is 415 g/mol. The molecule has 2 aromatic rings. The number of rotatable bonds is 16. The van der Waals surface area contributed by atoms with Crippen LogP contribution in [0.2, 0.25) is 0 Å². The summed E-state index contributed by atoms with van der Waals surface area (Å²) < 4.78 is 2.24. The van der Waals surface area contributed by atoms with Crippen LogP contribution in [-0.2, 0) is 6.54 Å². The van der Waals surface area contributed by atoms with Crippen LogP contribution in [0.1, 0.15) is 127 Å². The van der Waals surface area contributed by atoms with E-state index in [1.165, 1.54) is 100 Å². The van der Waals surface area contributed by atoms with Crippen LogP contribution in [-0.4, -0.2) is 14.7 Å². The molecule has 1 aromatic carbocycles. The summed E-state index contributed by atoms with van der Waals surface area (Å²) in [6, 6.07) is 4.38. The Bertz CT molecular complexity index is 732. The SMILES string of the molecule is CCCCCCCCCCCCCCCCn1c(C(C)O)nc2cc(C)c(C)cc21. The van der Waals surface area contributed by atoms with Gasteiger partial charge in [0.05, 0.1) is 11.0 Å². The molecule has 0 amide bonds. The molecule has 1 N–H and O–H groups in total. The van der Waals surface area contributed by atoms with E-state index in [1.807, 2.05) is 6.92 Å². The molecule has 2 rings (SSSR count). The van der Waals surface area contributed by atoms with Crippen LogP contribution in [0.5, 0.6) is 0 Å². The summed E-state index contributed by atoms with van der Waals surface area (Å²) in [6.07, 6.45) is 18.8. The predicted octanol–water partition coefficient (Wildman–Crippen LogP) is 8.19. The van der Waals surface area contributed by atoms with E-state index in [4.69, 9.17) is 4.98 Å². The lowest BCUT2D eigenvalue weighted by atomic mass is 10.0. The monoisotopic (exact) mass is 414 g/mol. The largest absolute Gasteiger partial charge is 0.385 e. The first kappa shape index (κ1) is 24.9. The van der Waals surface area contributed by atoms with Gasteiger partial charge in [0.2, 0.25) is 0 Å². The van der Waals surface area contributed by atoms with Crippen molar-refractivity contribution in [2.45, 2.75) is 130 Å². The van der Waals surface area contributed by atoms with Crippen LogP contribution in [0.15, 0.2) is 12.1 Å². The third-order valence-corrected chi connectivity index (χ3v) is 6.50. The zero-order chi connectivity index (χ0) is 21.8. The van der Waals surface area contributed by atoms with Crippen molar-refractivity contribution < 1.29 is 5.11 Å². The van der Waals surface area contributed by atoms with Gasteiger partial charge >= 0.3 is 0 Å². The molecule has 0 saturated heterocycles. The summed E-state index contributed by atoms with van der Waals surface area (Å²) in [7, 11) is 0. The summed E-state index contributed by atoms with van der Waals surface area (Å²) in [4.78, 5) is 4.71. The smallest absolute Gasteiger partial charge is 0.138 e. The van der Waals surface area contributed by atoms with E-state index in [1.54, 1.807) is 0 Å². The van der Waals surface area contributed by atoms with Crippen molar-refractivity contribution in [1.82, 2.24) is 9.55 Å². The fraction of sp³-hybridized carbons (Fsp3) is 0.741. The number of hydrogen-bond acceptors (Lipinski definition) is 2. The summed E-state index contributed by atoms with van der Waals surface area (Å²) >= 11 is 0. The quantitative estimate of drug-likeness (QED) is 0.281. The standard InChI is InChI=1S/C27H46N2O/c1-5-6-7-8-9-10-11-12-13-14-15-16-17-18-19-29-26-21-23(3)22(2)20-25(26)28-27(29)24(4)30/h20-21,24,30H,5-19H2,1-4H3. The van der Waals surface area contributed by atoms with Crippen molar-refractivity contribution in [2.24, 2.45) is 0 Å². The Morgan fingerprint density at radius 3 is 1.73 bits per heavy atom. The Morgan fingerprint density at radius 1 is 0.767 bits per heavy atom. The molecule has 1 atom stereocenters. The molecule has 170 valence electrons. The van der Waals surface area contributed by atoms with Gasteiger partial charge in [-0.1, -0.05) is 90.4 Å². The third-order valence-electron chi connectivity index (χ3n) is 6.50. The minimum Gasteiger partial charge on any atom is -0.385 e. The van der Waals surface area contributed by atoms with Crippen molar-refractivity contribution in [3.05, 3.63) is 29.1 Å². The second kappa shape index (κ2) is 13.9. The van der Waals surface area contributed by atoms with Gasteiger partial charge in [0, 0.05) is 6.54 Å². The van der Waals surface area contributed by atoms with E-state index in [9.17, 15) is 5.11 Å². The number of aromatic nitrogens is 2. The topological polar surface area (TPSA) is 38.0 Å². The Morgan fingerprint density at radius 2 is 1.23 bits per heavy atom. The maximum absolute atomic E-state index is 10.2. The van der Waals surface area contributed by atoms with Gasteiger partial charge < -0.3 is 9.67 Å². The van der Waals surface area contributed by atoms with Gasteiger partial charge in [-0.3, -0.25) is 0 Å². The minimum atomic E-state index is -0.523. The molecule has 3 heteroatoms. The Balaban J connectivity index is 1.61. The zero-order valence-corrected chi connectivity index (χ0v) is 20.2. The molecule has 0 aliphatic carbocycles. The van der Waals surface area contributed by atoms with E-state index in [0.717, 1.165) is 24.3 Å². The molecule has 0 bridgehead atoms. The zero-order valence-electron chi connectivity index (χ0n) is 20.2. The fourth-order valence-electron chi connectivity index (χ4n) is 4.42. The summed E-state index contributed by atoms with van der Waals surface area (Å²) in [5, 5.41) is 10.2. The molecule has 0 saturated carbocycles. The van der Waals surface area contributed by atoms with Gasteiger partial charge in [0.1, 0.15) is 11.9 Å². The van der Waals surface area contributed by atoms with E-state index >= 15 is 0 Å². The second-order valence-corrected chi connectivity index (χ2v) is 9.32. The molecule has 0 spiro atoms. The van der Waals surface area contributed by atoms with E-state index in [-0.39, 0.29) is 0 Å². The highest BCUT2D eigenvalue weighted by Crippen LogP contribution is 2.25. The summed E-state index contributed by atoms with van der Waals surface area (Å²) in [5.41, 5.74) is 4.74. The number of imidazole rings is 1. The van der Waals surface area contributed by atoms with Crippen LogP contribution in [0.25, 0.3) is 11.0 Å². The molecule has 0 fully saturated rings. The van der Waals surface area contributed by atoms with Gasteiger partial charge in [-0.15, -0.1) is 0 Å². The Labute approximate surface area is 185 Å². The van der Waals surface area contributed by atoms with E-state index in [2.05, 4.69) is 37.5 Å². The first-order chi connectivity index (χ1) is 14.5. The van der Waals surface area contributed by atoms with Crippen molar-refractivity contribution in [2.75, 3.05) is 0 Å². The van der Waals surface area contributed by atoms with Crippen molar-refractivity contribution >= 4 is 11.0 Å². The molecular formula is C27H46N2O. The molecule has 0 aliphatic heterocycles. The molecule has 1 unspecified atom stereocenters. The van der Waals surface area contributed by atoms with E-state index in [0.29, 0.717) is 0 Å². The maximum atomic E-state index is 10.2. The lowest BCUT2D eigenvalue weighted by Gasteiger charge is -2.11. The highest BCUT2D eigenvalue weighted by molar-refractivity contribution is 5.78. The van der Waals surface area contributed by atoms with Crippen LogP contribution in [0.3, 0.4) is 0 Å². The number of benzene rings is 1. The van der Waals surface area contributed by atoms with Crippen LogP contribution in [0.4, 0.5) is 0 Å².